The molecule has 1 saturated heterocycles. The van der Waals surface area contributed by atoms with Gasteiger partial charge in [-0.25, -0.2) is 9.48 Å². The first-order valence-corrected chi connectivity index (χ1v) is 6.86. The lowest BCUT2D eigenvalue weighted by Gasteiger charge is -2.24. The average molecular weight is 282 g/mol. The van der Waals surface area contributed by atoms with Gasteiger partial charge < -0.3 is 14.7 Å². The third-order valence-corrected chi connectivity index (χ3v) is 3.27. The van der Waals surface area contributed by atoms with Gasteiger partial charge in [0, 0.05) is 19.0 Å². The maximum absolute atomic E-state index is 12.0. The summed E-state index contributed by atoms with van der Waals surface area (Å²) in [5.74, 6) is -0.169. The van der Waals surface area contributed by atoms with Gasteiger partial charge in [-0.1, -0.05) is 5.21 Å². The van der Waals surface area contributed by atoms with Crippen LogP contribution in [0.15, 0.2) is 6.20 Å². The van der Waals surface area contributed by atoms with E-state index in [1.165, 1.54) is 4.90 Å². The Morgan fingerprint density at radius 3 is 2.80 bits per heavy atom. The standard InChI is InChI=1S/C13H22N4O3/c1-5-17-10(6-14-15-17)9-7-16(8-11(9)18)12(19)20-13(2,3)4/h6,9,11,18H,5,7-8H2,1-4H3. The molecule has 112 valence electrons. The topological polar surface area (TPSA) is 80.5 Å². The second-order valence-electron chi connectivity index (χ2n) is 6.03. The Morgan fingerprint density at radius 1 is 1.50 bits per heavy atom. The van der Waals surface area contributed by atoms with Crippen LogP contribution in [-0.4, -0.2) is 55.9 Å². The van der Waals surface area contributed by atoms with Crippen molar-refractivity contribution in [3.8, 4) is 0 Å². The zero-order chi connectivity index (χ0) is 14.9. The predicted molar refractivity (Wildman–Crippen MR) is 72.3 cm³/mol. The Morgan fingerprint density at radius 2 is 2.20 bits per heavy atom. The number of hydrogen-bond donors (Lipinski definition) is 1. The van der Waals surface area contributed by atoms with E-state index in [1.54, 1.807) is 10.9 Å². The fraction of sp³-hybridized carbons (Fsp3) is 0.769. The van der Waals surface area contributed by atoms with Crippen molar-refractivity contribution in [3.05, 3.63) is 11.9 Å². The highest BCUT2D eigenvalue weighted by Crippen LogP contribution is 2.28. The lowest BCUT2D eigenvalue weighted by atomic mass is 10.0. The van der Waals surface area contributed by atoms with E-state index in [-0.39, 0.29) is 12.5 Å². The van der Waals surface area contributed by atoms with Crippen molar-refractivity contribution < 1.29 is 14.6 Å². The molecule has 0 saturated carbocycles. The molecule has 7 heteroatoms. The molecule has 2 rings (SSSR count). The van der Waals surface area contributed by atoms with Crippen molar-refractivity contribution in [1.29, 1.82) is 0 Å². The van der Waals surface area contributed by atoms with Gasteiger partial charge in [0.15, 0.2) is 0 Å². The molecule has 2 unspecified atom stereocenters. The van der Waals surface area contributed by atoms with Crippen LogP contribution in [0.1, 0.15) is 39.3 Å². The number of carbonyl (C=O) groups excluding carboxylic acids is 1. The van der Waals surface area contributed by atoms with Gasteiger partial charge in [0.25, 0.3) is 0 Å². The van der Waals surface area contributed by atoms with Crippen LogP contribution < -0.4 is 0 Å². The van der Waals surface area contributed by atoms with Crippen molar-refractivity contribution in [2.75, 3.05) is 13.1 Å². The van der Waals surface area contributed by atoms with E-state index >= 15 is 0 Å². The average Bonchev–Trinajstić information content (AvgIpc) is 2.92. The minimum atomic E-state index is -0.619. The van der Waals surface area contributed by atoms with E-state index in [0.29, 0.717) is 13.1 Å². The molecule has 2 heterocycles. The summed E-state index contributed by atoms with van der Waals surface area (Å²) in [4.78, 5) is 13.6. The van der Waals surface area contributed by atoms with E-state index in [9.17, 15) is 9.90 Å². The minimum absolute atomic E-state index is 0.169. The van der Waals surface area contributed by atoms with Crippen molar-refractivity contribution in [1.82, 2.24) is 19.9 Å². The maximum Gasteiger partial charge on any atom is 0.410 e. The fourth-order valence-electron chi connectivity index (χ4n) is 2.35. The molecule has 0 radical (unpaired) electrons. The molecular formula is C13H22N4O3. The van der Waals surface area contributed by atoms with Crippen molar-refractivity contribution >= 4 is 6.09 Å². The summed E-state index contributed by atoms with van der Waals surface area (Å²) < 4.78 is 7.07. The molecule has 1 N–H and O–H groups in total. The van der Waals surface area contributed by atoms with E-state index in [4.69, 9.17) is 4.74 Å². The smallest absolute Gasteiger partial charge is 0.410 e. The van der Waals surface area contributed by atoms with Crippen LogP contribution >= 0.6 is 0 Å². The number of aliphatic hydroxyl groups excluding tert-OH is 1. The fourth-order valence-corrected chi connectivity index (χ4v) is 2.35. The normalized spacial score (nSPS) is 23.1. The van der Waals surface area contributed by atoms with Gasteiger partial charge in [-0.2, -0.15) is 0 Å². The van der Waals surface area contributed by atoms with E-state index in [2.05, 4.69) is 10.3 Å². The first-order chi connectivity index (χ1) is 9.31. The van der Waals surface area contributed by atoms with Crippen LogP contribution in [0.5, 0.6) is 0 Å². The molecule has 1 amide bonds. The summed E-state index contributed by atoms with van der Waals surface area (Å²) in [6, 6.07) is 0. The molecule has 1 aliphatic heterocycles. The van der Waals surface area contributed by atoms with Gasteiger partial charge in [0.1, 0.15) is 5.60 Å². The second-order valence-corrected chi connectivity index (χ2v) is 6.03. The first-order valence-electron chi connectivity index (χ1n) is 6.86. The summed E-state index contributed by atoms with van der Waals surface area (Å²) in [6.07, 6.45) is 0.636. The van der Waals surface area contributed by atoms with Gasteiger partial charge in [0.2, 0.25) is 0 Å². The molecule has 1 fully saturated rings. The lowest BCUT2D eigenvalue weighted by molar-refractivity contribution is 0.0270. The number of aliphatic hydroxyl groups is 1. The number of β-amino-alcohol motifs (C(OH)–C–C–N with tert-alkyl or cyclic N) is 1. The van der Waals surface area contributed by atoms with Crippen LogP contribution in [0, 0.1) is 0 Å². The number of nitrogens with zero attached hydrogens (tertiary/aromatic N) is 4. The number of likely N-dealkylation sites (tertiary alicyclic amines) is 1. The third-order valence-electron chi connectivity index (χ3n) is 3.27. The Kier molecular flexibility index (Phi) is 3.99. The number of ether oxygens (including phenoxy) is 1. The van der Waals surface area contributed by atoms with E-state index < -0.39 is 17.8 Å². The molecule has 0 bridgehead atoms. The zero-order valence-corrected chi connectivity index (χ0v) is 12.4. The maximum atomic E-state index is 12.0. The first kappa shape index (κ1) is 14.8. The number of carbonyl (C=O) groups is 1. The van der Waals surface area contributed by atoms with Crippen molar-refractivity contribution in [3.63, 3.8) is 0 Å². The number of amides is 1. The largest absolute Gasteiger partial charge is 0.444 e. The molecule has 2 atom stereocenters. The predicted octanol–water partition coefficient (Wildman–Crippen LogP) is 0.993. The molecule has 0 aliphatic carbocycles. The highest BCUT2D eigenvalue weighted by Gasteiger charge is 2.38. The van der Waals surface area contributed by atoms with Gasteiger partial charge in [-0.05, 0) is 27.7 Å². The zero-order valence-electron chi connectivity index (χ0n) is 12.4. The van der Waals surface area contributed by atoms with Crippen LogP contribution in [0.25, 0.3) is 0 Å². The molecule has 0 aromatic carbocycles. The van der Waals surface area contributed by atoms with Crippen molar-refractivity contribution in [2.24, 2.45) is 0 Å². The molecule has 0 spiro atoms. The van der Waals surface area contributed by atoms with E-state index in [1.807, 2.05) is 27.7 Å². The molecule has 7 nitrogen and oxygen atoms in total. The molecule has 1 aromatic rings. The summed E-state index contributed by atoms with van der Waals surface area (Å²) in [6.45, 7) is 8.81. The SMILES string of the molecule is CCn1nncc1C1CN(C(=O)OC(C)(C)C)CC1O. The quantitative estimate of drug-likeness (QED) is 0.875. The highest BCUT2D eigenvalue weighted by atomic mass is 16.6. The van der Waals surface area contributed by atoms with E-state index in [0.717, 1.165) is 5.69 Å². The Hall–Kier alpha value is -1.63. The Labute approximate surface area is 118 Å². The number of rotatable bonds is 2. The van der Waals surface area contributed by atoms with Gasteiger partial charge >= 0.3 is 6.09 Å². The Bertz CT molecular complexity index is 480. The highest BCUT2D eigenvalue weighted by molar-refractivity contribution is 5.68. The van der Waals surface area contributed by atoms with Crippen LogP contribution in [0.4, 0.5) is 4.79 Å². The Balaban J connectivity index is 2.08. The van der Waals surface area contributed by atoms with Crippen LogP contribution in [0.3, 0.4) is 0 Å². The third kappa shape index (κ3) is 3.09. The summed E-state index contributed by atoms with van der Waals surface area (Å²) in [7, 11) is 0. The molecule has 1 aromatic heterocycles. The molecule has 20 heavy (non-hydrogen) atoms. The molecular weight excluding hydrogens is 260 g/mol. The van der Waals surface area contributed by atoms with Crippen molar-refractivity contribution in [2.45, 2.75) is 51.9 Å². The number of hydrogen-bond acceptors (Lipinski definition) is 5. The second kappa shape index (κ2) is 5.40. The van der Waals surface area contributed by atoms with Crippen LogP contribution in [0.2, 0.25) is 0 Å². The van der Waals surface area contributed by atoms with Gasteiger partial charge in [-0.3, -0.25) is 0 Å². The van der Waals surface area contributed by atoms with Gasteiger partial charge in [-0.15, -0.1) is 5.10 Å². The summed E-state index contributed by atoms with van der Waals surface area (Å²) in [5, 5.41) is 18.0. The van der Waals surface area contributed by atoms with Gasteiger partial charge in [0.05, 0.1) is 24.5 Å². The van der Waals surface area contributed by atoms with Crippen LogP contribution in [-0.2, 0) is 11.3 Å². The lowest BCUT2D eigenvalue weighted by Crippen LogP contribution is -2.35. The number of aryl methyl sites for hydroxylation is 1. The minimum Gasteiger partial charge on any atom is -0.444 e. The summed E-state index contributed by atoms with van der Waals surface area (Å²) >= 11 is 0. The molecule has 1 aliphatic rings. The summed E-state index contributed by atoms with van der Waals surface area (Å²) in [5.41, 5.74) is 0.318. The number of aromatic nitrogens is 3. The monoisotopic (exact) mass is 282 g/mol.